The number of benzene rings is 3. The van der Waals surface area contributed by atoms with Gasteiger partial charge < -0.3 is 0 Å². The number of rotatable bonds is 0. The number of hydrogen-bond acceptors (Lipinski definition) is 6. The van der Waals surface area contributed by atoms with Crippen LogP contribution in [-0.2, 0) is 0 Å². The Hall–Kier alpha value is -4.69. The largest absolute Gasteiger partial charge is 0.254 e. The summed E-state index contributed by atoms with van der Waals surface area (Å²) < 4.78 is 0. The first-order chi connectivity index (χ1) is 20.8. The molecule has 0 unspecified atom stereocenters. The van der Waals surface area contributed by atoms with Crippen LogP contribution >= 0.6 is 0 Å². The molecule has 1 radical (unpaired) electrons. The summed E-state index contributed by atoms with van der Waals surface area (Å²) in [5.41, 5.74) is 5.86. The van der Waals surface area contributed by atoms with Crippen molar-refractivity contribution in [1.29, 1.82) is 0 Å². The van der Waals surface area contributed by atoms with Crippen molar-refractivity contribution in [3.8, 4) is 0 Å². The number of pyridine rings is 6. The summed E-state index contributed by atoms with van der Waals surface area (Å²) in [7, 11) is 0. The van der Waals surface area contributed by atoms with Crippen LogP contribution in [0.5, 0.6) is 0 Å². The molecule has 0 aliphatic rings. The van der Waals surface area contributed by atoms with Crippen LogP contribution in [0.4, 0.5) is 0 Å². The van der Waals surface area contributed by atoms with Gasteiger partial charge in [0.05, 0.1) is 33.1 Å². The van der Waals surface area contributed by atoms with Gasteiger partial charge in [0, 0.05) is 105 Å². The zero-order valence-electron chi connectivity index (χ0n) is 23.1. The summed E-state index contributed by atoms with van der Waals surface area (Å²) in [6, 6.07) is 36.4. The minimum absolute atomic E-state index is 0. The molecule has 43 heavy (non-hydrogen) atoms. The second-order valence-electron chi connectivity index (χ2n) is 9.65. The molecule has 6 heterocycles. The van der Waals surface area contributed by atoms with E-state index in [4.69, 9.17) is 0 Å². The number of aromatic nitrogens is 6. The Morgan fingerprint density at radius 3 is 0.558 bits per heavy atom. The van der Waals surface area contributed by atoms with Crippen molar-refractivity contribution in [2.75, 3.05) is 0 Å². The van der Waals surface area contributed by atoms with Gasteiger partial charge in [0.2, 0.25) is 0 Å². The van der Waals surface area contributed by atoms with E-state index in [1.807, 2.05) is 36.4 Å². The molecule has 0 fully saturated rings. The smallest absolute Gasteiger partial charge is 0.0964 e. The predicted octanol–water partition coefficient (Wildman–Crippen LogP) is 8.35. The molecule has 201 valence electrons. The maximum Gasteiger partial charge on any atom is 0.0964 e. The fourth-order valence-electron chi connectivity index (χ4n) is 5.04. The number of fused-ring (bicyclic) bond motifs is 9. The monoisotopic (exact) mass is 679 g/mol. The topological polar surface area (TPSA) is 77.3 Å². The Labute approximate surface area is 275 Å². The van der Waals surface area contributed by atoms with Gasteiger partial charge in [-0.3, -0.25) is 29.9 Å². The normalized spacial score (nSPS) is 10.6. The Morgan fingerprint density at radius 1 is 0.233 bits per heavy atom. The van der Waals surface area contributed by atoms with Crippen LogP contribution in [0.15, 0.2) is 146 Å². The van der Waals surface area contributed by atoms with Crippen LogP contribution in [0.1, 0.15) is 0 Å². The molecule has 6 nitrogen and oxygen atoms in total. The first-order valence-corrected chi connectivity index (χ1v) is 13.6. The van der Waals surface area contributed by atoms with Gasteiger partial charge in [0.15, 0.2) is 0 Å². The van der Waals surface area contributed by atoms with Crippen molar-refractivity contribution in [2.24, 2.45) is 0 Å². The van der Waals surface area contributed by atoms with Gasteiger partial charge in [0.1, 0.15) is 0 Å². The molecule has 0 amide bonds. The third kappa shape index (κ3) is 5.97. The third-order valence-corrected chi connectivity index (χ3v) is 7.03. The maximum absolute atomic E-state index is 4.35. The van der Waals surface area contributed by atoms with E-state index in [1.165, 1.54) is 0 Å². The van der Waals surface area contributed by atoms with Gasteiger partial charge in [-0.05, 0) is 36.4 Å². The van der Waals surface area contributed by atoms with Crippen molar-refractivity contribution < 1.29 is 35.6 Å². The van der Waals surface area contributed by atoms with Crippen molar-refractivity contribution in [3.63, 3.8) is 0 Å². The van der Waals surface area contributed by atoms with E-state index in [0.29, 0.717) is 0 Å². The molecule has 0 spiro atoms. The Balaban J connectivity index is 0.000000113. The van der Waals surface area contributed by atoms with Crippen LogP contribution in [0.3, 0.4) is 0 Å². The standard InChI is InChI=1S/3C12H8N2.La/c3*1-3-9-5-6-10-4-2-8-14-12(10)11(9)13-7-1;/h3*1-8H;. The van der Waals surface area contributed by atoms with Crippen LogP contribution in [0.2, 0.25) is 0 Å². The summed E-state index contributed by atoms with van der Waals surface area (Å²) in [5.74, 6) is 0. The van der Waals surface area contributed by atoms with E-state index in [9.17, 15) is 0 Å². The fourth-order valence-corrected chi connectivity index (χ4v) is 5.04. The van der Waals surface area contributed by atoms with Gasteiger partial charge in [-0.15, -0.1) is 0 Å². The van der Waals surface area contributed by atoms with Gasteiger partial charge >= 0.3 is 0 Å². The SMILES string of the molecule is [La].c1cnc2c(c1)ccc1cccnc12.c1cnc2c(c1)ccc1cccnc12.c1cnc2c(c1)ccc1cccnc12. The first-order valence-electron chi connectivity index (χ1n) is 13.6. The van der Waals surface area contributed by atoms with Crippen molar-refractivity contribution >= 4 is 65.4 Å². The summed E-state index contributed by atoms with van der Waals surface area (Å²) >= 11 is 0. The molecule has 3 aromatic carbocycles. The van der Waals surface area contributed by atoms with Crippen LogP contribution in [0, 0.1) is 35.6 Å². The molecule has 0 aliphatic carbocycles. The van der Waals surface area contributed by atoms with E-state index in [0.717, 1.165) is 65.4 Å². The van der Waals surface area contributed by atoms with Crippen molar-refractivity contribution in [2.45, 2.75) is 0 Å². The number of hydrogen-bond donors (Lipinski definition) is 0. The second kappa shape index (κ2) is 13.1. The van der Waals surface area contributed by atoms with Crippen molar-refractivity contribution in [3.05, 3.63) is 146 Å². The Bertz CT molecular complexity index is 1910. The van der Waals surface area contributed by atoms with E-state index in [2.05, 4.69) is 103 Å². The number of nitrogens with zero attached hydrogens (tertiary/aromatic N) is 6. The first kappa shape index (κ1) is 28.4. The zero-order valence-corrected chi connectivity index (χ0v) is 26.7. The third-order valence-electron chi connectivity index (χ3n) is 7.03. The van der Waals surface area contributed by atoms with Crippen LogP contribution < -0.4 is 0 Å². The quantitative estimate of drug-likeness (QED) is 0.150. The molecular weight excluding hydrogens is 655 g/mol. The van der Waals surface area contributed by atoms with Gasteiger partial charge in [-0.1, -0.05) is 72.8 Å². The summed E-state index contributed by atoms with van der Waals surface area (Å²) in [6.45, 7) is 0. The van der Waals surface area contributed by atoms with Gasteiger partial charge in [0.25, 0.3) is 0 Å². The molecule has 0 N–H and O–H groups in total. The van der Waals surface area contributed by atoms with E-state index in [1.54, 1.807) is 37.2 Å². The average molecular weight is 680 g/mol. The molecule has 0 saturated heterocycles. The maximum atomic E-state index is 4.35. The van der Waals surface area contributed by atoms with E-state index in [-0.39, 0.29) is 35.6 Å². The predicted molar refractivity (Wildman–Crippen MR) is 171 cm³/mol. The van der Waals surface area contributed by atoms with Crippen molar-refractivity contribution in [1.82, 2.24) is 29.9 Å². The Morgan fingerprint density at radius 2 is 0.395 bits per heavy atom. The minimum atomic E-state index is 0. The van der Waals surface area contributed by atoms with Gasteiger partial charge in [-0.2, -0.15) is 0 Å². The van der Waals surface area contributed by atoms with Crippen LogP contribution in [-0.4, -0.2) is 29.9 Å². The summed E-state index contributed by atoms with van der Waals surface area (Å²) in [4.78, 5) is 26.1. The fraction of sp³-hybridized carbons (Fsp3) is 0. The Kier molecular flexibility index (Phi) is 8.66. The molecule has 0 atom stereocenters. The second-order valence-corrected chi connectivity index (χ2v) is 9.65. The molecule has 6 aromatic heterocycles. The average Bonchev–Trinajstić information content (AvgIpc) is 3.09. The van der Waals surface area contributed by atoms with Gasteiger partial charge in [-0.25, -0.2) is 0 Å². The molecular formula is C36H24LaN6. The van der Waals surface area contributed by atoms with Crippen LogP contribution in [0.25, 0.3) is 65.4 Å². The van der Waals surface area contributed by atoms with E-state index < -0.39 is 0 Å². The molecule has 9 rings (SSSR count). The minimum Gasteiger partial charge on any atom is -0.254 e. The van der Waals surface area contributed by atoms with E-state index >= 15 is 0 Å². The zero-order chi connectivity index (χ0) is 28.1. The summed E-state index contributed by atoms with van der Waals surface area (Å²) in [6.07, 6.45) is 10.8. The summed E-state index contributed by atoms with van der Waals surface area (Å²) in [5, 5.41) is 6.83. The molecule has 0 aliphatic heterocycles. The molecule has 0 bridgehead atoms. The molecule has 9 aromatic rings. The molecule has 7 heteroatoms. The molecule has 0 saturated carbocycles.